The van der Waals surface area contributed by atoms with E-state index in [0.717, 1.165) is 11.4 Å². The Kier molecular flexibility index (Phi) is 4.35. The van der Waals surface area contributed by atoms with Crippen LogP contribution in [-0.4, -0.2) is 31.8 Å². The Balaban J connectivity index is 1.32. The summed E-state index contributed by atoms with van der Waals surface area (Å²) in [5.41, 5.74) is 1.52. The van der Waals surface area contributed by atoms with Crippen molar-refractivity contribution in [2.45, 2.75) is 6.42 Å². The Labute approximate surface area is 150 Å². The number of nitrogens with one attached hydrogen (secondary N) is 2. The second kappa shape index (κ2) is 6.95. The molecule has 1 fully saturated rings. The number of hydrogen-bond acceptors (Lipinski definition) is 4. The molecule has 1 saturated heterocycles. The summed E-state index contributed by atoms with van der Waals surface area (Å²) in [6, 6.07) is 14.4. The van der Waals surface area contributed by atoms with Crippen LogP contribution >= 0.6 is 0 Å². The second-order valence-corrected chi connectivity index (χ2v) is 6.31. The van der Waals surface area contributed by atoms with Crippen LogP contribution in [0.1, 0.15) is 6.42 Å². The lowest BCUT2D eigenvalue weighted by atomic mass is 10.1. The number of benzene rings is 2. The molecule has 2 heterocycles. The maximum atomic E-state index is 12.3. The normalized spacial score (nSPS) is 18.1. The molecule has 0 saturated carbocycles. The Morgan fingerprint density at radius 3 is 2.77 bits per heavy atom. The van der Waals surface area contributed by atoms with Crippen LogP contribution in [0.3, 0.4) is 0 Å². The molecule has 0 spiro atoms. The summed E-state index contributed by atoms with van der Waals surface area (Å²) < 4.78 is 10.7. The van der Waals surface area contributed by atoms with Gasteiger partial charge in [-0.1, -0.05) is 18.2 Å². The van der Waals surface area contributed by atoms with Gasteiger partial charge >= 0.3 is 6.03 Å². The topological polar surface area (TPSA) is 79.9 Å². The van der Waals surface area contributed by atoms with Crippen molar-refractivity contribution in [2.24, 2.45) is 5.92 Å². The highest BCUT2D eigenvalue weighted by Gasteiger charge is 2.31. The number of ether oxygens (including phenoxy) is 2. The monoisotopic (exact) mass is 353 g/mol. The number of rotatable bonds is 4. The van der Waals surface area contributed by atoms with Gasteiger partial charge in [-0.25, -0.2) is 4.79 Å². The summed E-state index contributed by atoms with van der Waals surface area (Å²) in [6.45, 7) is 1.20. The maximum absolute atomic E-state index is 12.3. The van der Waals surface area contributed by atoms with Gasteiger partial charge in [-0.2, -0.15) is 0 Å². The fourth-order valence-corrected chi connectivity index (χ4v) is 3.15. The first-order valence-electron chi connectivity index (χ1n) is 8.49. The lowest BCUT2D eigenvalue weighted by molar-refractivity contribution is -0.117. The van der Waals surface area contributed by atoms with E-state index in [-0.39, 0.29) is 24.6 Å². The average molecular weight is 353 g/mol. The third kappa shape index (κ3) is 3.42. The van der Waals surface area contributed by atoms with Crippen LogP contribution in [0, 0.1) is 5.92 Å². The molecule has 2 aromatic carbocycles. The molecular formula is C19H19N3O4. The van der Waals surface area contributed by atoms with Gasteiger partial charge in [0.15, 0.2) is 11.5 Å². The standard InChI is InChI=1S/C19H19N3O4/c23-18-8-13(10-20-19(24)21-14-4-2-1-3-5-14)11-22(18)15-6-7-16-17(9-15)26-12-25-16/h1-7,9,13H,8,10-12H2,(H2,20,21,24)/t13-/m0/s1. The van der Waals surface area contributed by atoms with E-state index in [1.807, 2.05) is 48.5 Å². The number of anilines is 2. The van der Waals surface area contributed by atoms with E-state index >= 15 is 0 Å². The molecule has 0 aromatic heterocycles. The fourth-order valence-electron chi connectivity index (χ4n) is 3.15. The van der Waals surface area contributed by atoms with Crippen molar-refractivity contribution in [1.82, 2.24) is 5.32 Å². The number of para-hydroxylation sites is 1. The minimum Gasteiger partial charge on any atom is -0.454 e. The highest BCUT2D eigenvalue weighted by molar-refractivity contribution is 5.96. The molecule has 2 aromatic rings. The first-order chi connectivity index (χ1) is 12.7. The van der Waals surface area contributed by atoms with Crippen LogP contribution in [0.2, 0.25) is 0 Å². The van der Waals surface area contributed by atoms with E-state index in [1.54, 1.807) is 4.90 Å². The highest BCUT2D eigenvalue weighted by Crippen LogP contribution is 2.37. The summed E-state index contributed by atoms with van der Waals surface area (Å²) >= 11 is 0. The summed E-state index contributed by atoms with van der Waals surface area (Å²) in [6.07, 6.45) is 0.403. The van der Waals surface area contributed by atoms with Crippen LogP contribution in [0.4, 0.5) is 16.2 Å². The number of hydrogen-bond donors (Lipinski definition) is 2. The molecule has 0 bridgehead atoms. The lowest BCUT2D eigenvalue weighted by Crippen LogP contribution is -2.34. The molecule has 0 radical (unpaired) electrons. The number of urea groups is 1. The van der Waals surface area contributed by atoms with E-state index in [4.69, 9.17) is 9.47 Å². The van der Waals surface area contributed by atoms with Gasteiger partial charge in [0.1, 0.15) is 0 Å². The number of carbonyl (C=O) groups excluding carboxylic acids is 2. The average Bonchev–Trinajstić information content (AvgIpc) is 3.26. The van der Waals surface area contributed by atoms with Crippen molar-refractivity contribution < 1.29 is 19.1 Å². The first-order valence-corrected chi connectivity index (χ1v) is 8.49. The predicted octanol–water partition coefficient (Wildman–Crippen LogP) is 2.59. The molecule has 3 amide bonds. The lowest BCUT2D eigenvalue weighted by Gasteiger charge is -2.17. The first kappa shape index (κ1) is 16.3. The van der Waals surface area contributed by atoms with E-state index < -0.39 is 0 Å². The van der Waals surface area contributed by atoms with Gasteiger partial charge in [0.2, 0.25) is 12.7 Å². The van der Waals surface area contributed by atoms with Gasteiger partial charge in [0.25, 0.3) is 0 Å². The summed E-state index contributed by atoms with van der Waals surface area (Å²) in [5, 5.41) is 5.60. The van der Waals surface area contributed by atoms with Crippen molar-refractivity contribution in [1.29, 1.82) is 0 Å². The highest BCUT2D eigenvalue weighted by atomic mass is 16.7. The molecule has 2 aliphatic heterocycles. The molecular weight excluding hydrogens is 334 g/mol. The van der Waals surface area contributed by atoms with Crippen molar-refractivity contribution >= 4 is 23.3 Å². The largest absolute Gasteiger partial charge is 0.454 e. The molecule has 26 heavy (non-hydrogen) atoms. The SMILES string of the molecule is O=C(NC[C@@H]1CC(=O)N(c2ccc3c(c2)OCO3)C1)Nc1ccccc1. The Morgan fingerprint density at radius 1 is 1.12 bits per heavy atom. The number of amides is 3. The van der Waals surface area contributed by atoms with Crippen molar-refractivity contribution in [3.63, 3.8) is 0 Å². The summed E-state index contributed by atoms with van der Waals surface area (Å²) in [5.74, 6) is 1.45. The molecule has 134 valence electrons. The molecule has 7 heteroatoms. The quantitative estimate of drug-likeness (QED) is 0.885. The second-order valence-electron chi connectivity index (χ2n) is 6.31. The molecule has 7 nitrogen and oxygen atoms in total. The molecule has 2 aliphatic rings. The van der Waals surface area contributed by atoms with E-state index in [2.05, 4.69) is 10.6 Å². The van der Waals surface area contributed by atoms with Crippen molar-refractivity contribution in [3.05, 3.63) is 48.5 Å². The van der Waals surface area contributed by atoms with Crippen LogP contribution in [0.5, 0.6) is 11.5 Å². The maximum Gasteiger partial charge on any atom is 0.319 e. The minimum atomic E-state index is -0.273. The van der Waals surface area contributed by atoms with Crippen molar-refractivity contribution in [2.75, 3.05) is 30.1 Å². The smallest absolute Gasteiger partial charge is 0.319 e. The molecule has 0 aliphatic carbocycles. The van der Waals surface area contributed by atoms with Crippen LogP contribution in [0.15, 0.2) is 48.5 Å². The van der Waals surface area contributed by atoms with Gasteiger partial charge in [-0.3, -0.25) is 4.79 Å². The van der Waals surface area contributed by atoms with E-state index in [0.29, 0.717) is 31.0 Å². The van der Waals surface area contributed by atoms with Crippen LogP contribution < -0.4 is 25.0 Å². The van der Waals surface area contributed by atoms with Gasteiger partial charge in [0, 0.05) is 42.9 Å². The Morgan fingerprint density at radius 2 is 1.92 bits per heavy atom. The molecule has 2 N–H and O–H groups in total. The van der Waals surface area contributed by atoms with Crippen LogP contribution in [-0.2, 0) is 4.79 Å². The third-order valence-electron chi connectivity index (χ3n) is 4.46. The molecule has 1 atom stereocenters. The van der Waals surface area contributed by atoms with E-state index in [9.17, 15) is 9.59 Å². The van der Waals surface area contributed by atoms with Gasteiger partial charge in [-0.05, 0) is 24.3 Å². The minimum absolute atomic E-state index is 0.0409. The summed E-state index contributed by atoms with van der Waals surface area (Å²) in [4.78, 5) is 26.1. The van der Waals surface area contributed by atoms with E-state index in [1.165, 1.54) is 0 Å². The van der Waals surface area contributed by atoms with Crippen molar-refractivity contribution in [3.8, 4) is 11.5 Å². The summed E-state index contributed by atoms with van der Waals surface area (Å²) in [7, 11) is 0. The molecule has 0 unspecified atom stereocenters. The van der Waals surface area contributed by atoms with Gasteiger partial charge < -0.3 is 25.0 Å². The number of carbonyl (C=O) groups is 2. The zero-order chi connectivity index (χ0) is 17.9. The van der Waals surface area contributed by atoms with Gasteiger partial charge in [0.05, 0.1) is 0 Å². The van der Waals surface area contributed by atoms with Crippen LogP contribution in [0.25, 0.3) is 0 Å². The van der Waals surface area contributed by atoms with Gasteiger partial charge in [-0.15, -0.1) is 0 Å². The predicted molar refractivity (Wildman–Crippen MR) is 96.5 cm³/mol. The Hall–Kier alpha value is -3.22. The Bertz CT molecular complexity index is 825. The number of nitrogens with zero attached hydrogens (tertiary/aromatic N) is 1. The molecule has 4 rings (SSSR count). The third-order valence-corrected chi connectivity index (χ3v) is 4.46. The number of fused-ring (bicyclic) bond motifs is 1. The fraction of sp³-hybridized carbons (Fsp3) is 0.263. The zero-order valence-electron chi connectivity index (χ0n) is 14.1. The zero-order valence-corrected chi connectivity index (χ0v) is 14.1.